The van der Waals surface area contributed by atoms with E-state index < -0.39 is 0 Å². The number of hydrogen-bond acceptors (Lipinski definition) is 2. The van der Waals surface area contributed by atoms with Crippen molar-refractivity contribution >= 4 is 0 Å². The van der Waals surface area contributed by atoms with Crippen molar-refractivity contribution in [2.75, 3.05) is 19.8 Å². The molecule has 1 fully saturated rings. The fourth-order valence-electron chi connectivity index (χ4n) is 1.66. The second-order valence-corrected chi connectivity index (χ2v) is 4.91. The lowest BCUT2D eigenvalue weighted by atomic mass is 10.1. The molecular formula is C13H26O2. The fourth-order valence-corrected chi connectivity index (χ4v) is 1.66. The largest absolute Gasteiger partial charge is 0.378 e. The maximum Gasteiger partial charge on any atom is 0.112 e. The lowest BCUT2D eigenvalue weighted by Crippen LogP contribution is -2.14. The van der Waals surface area contributed by atoms with Crippen LogP contribution in [0.2, 0.25) is 0 Å². The van der Waals surface area contributed by atoms with Crippen LogP contribution in [0.3, 0.4) is 0 Å². The number of rotatable bonds is 10. The molecule has 2 nitrogen and oxygen atoms in total. The molecule has 0 aromatic carbocycles. The Balaban J connectivity index is 1.70. The Labute approximate surface area is 94.3 Å². The molecule has 0 bridgehead atoms. The van der Waals surface area contributed by atoms with Crippen LogP contribution < -0.4 is 0 Å². The third kappa shape index (κ3) is 6.91. The first-order chi connectivity index (χ1) is 7.27. The van der Waals surface area contributed by atoms with Gasteiger partial charge in [0, 0.05) is 6.61 Å². The van der Waals surface area contributed by atoms with Crippen molar-refractivity contribution in [1.29, 1.82) is 0 Å². The molecule has 2 heteroatoms. The average Bonchev–Trinajstić information content (AvgIpc) is 2.95. The van der Waals surface area contributed by atoms with Gasteiger partial charge >= 0.3 is 0 Å². The van der Waals surface area contributed by atoms with Crippen molar-refractivity contribution in [2.24, 2.45) is 0 Å². The van der Waals surface area contributed by atoms with Gasteiger partial charge in [-0.25, -0.2) is 0 Å². The van der Waals surface area contributed by atoms with Gasteiger partial charge in [0.15, 0.2) is 0 Å². The van der Waals surface area contributed by atoms with Crippen LogP contribution in [-0.4, -0.2) is 25.4 Å². The smallest absolute Gasteiger partial charge is 0.112 e. The summed E-state index contributed by atoms with van der Waals surface area (Å²) in [5, 5.41) is 0. The molecule has 0 aromatic rings. The molecular weight excluding hydrogens is 188 g/mol. The van der Waals surface area contributed by atoms with E-state index in [-0.39, 0.29) is 5.60 Å². The number of epoxide rings is 1. The Morgan fingerprint density at radius 2 is 1.67 bits per heavy atom. The van der Waals surface area contributed by atoms with Gasteiger partial charge in [-0.2, -0.15) is 0 Å². The molecule has 1 unspecified atom stereocenters. The maximum atomic E-state index is 5.56. The topological polar surface area (TPSA) is 21.8 Å². The van der Waals surface area contributed by atoms with Gasteiger partial charge in [-0.05, 0) is 13.3 Å². The summed E-state index contributed by atoms with van der Waals surface area (Å²) < 4.78 is 10.8. The van der Waals surface area contributed by atoms with Gasteiger partial charge in [0.05, 0.1) is 13.2 Å². The Hall–Kier alpha value is -0.0800. The van der Waals surface area contributed by atoms with Gasteiger partial charge in [0.1, 0.15) is 5.60 Å². The normalized spacial score (nSPS) is 24.4. The average molecular weight is 214 g/mol. The summed E-state index contributed by atoms with van der Waals surface area (Å²) in [5.41, 5.74) is 0.0706. The van der Waals surface area contributed by atoms with E-state index in [0.717, 1.165) is 19.8 Å². The highest BCUT2D eigenvalue weighted by Gasteiger charge is 2.39. The van der Waals surface area contributed by atoms with Crippen LogP contribution in [0.1, 0.15) is 58.8 Å². The Kier molecular flexibility index (Phi) is 6.26. The molecule has 1 atom stereocenters. The van der Waals surface area contributed by atoms with Crippen LogP contribution in [0, 0.1) is 0 Å². The van der Waals surface area contributed by atoms with E-state index in [9.17, 15) is 0 Å². The Bertz CT molecular complexity index is 153. The molecule has 15 heavy (non-hydrogen) atoms. The summed E-state index contributed by atoms with van der Waals surface area (Å²) >= 11 is 0. The molecule has 0 spiro atoms. The first-order valence-electron chi connectivity index (χ1n) is 6.48. The van der Waals surface area contributed by atoms with Crippen molar-refractivity contribution in [3.63, 3.8) is 0 Å². The predicted octanol–water partition coefficient (Wildman–Crippen LogP) is 3.54. The monoisotopic (exact) mass is 214 g/mol. The van der Waals surface area contributed by atoms with Crippen LogP contribution in [0.5, 0.6) is 0 Å². The van der Waals surface area contributed by atoms with Crippen molar-refractivity contribution in [2.45, 2.75) is 64.4 Å². The highest BCUT2D eigenvalue weighted by atomic mass is 16.6. The van der Waals surface area contributed by atoms with Crippen LogP contribution in [0.4, 0.5) is 0 Å². The predicted molar refractivity (Wildman–Crippen MR) is 63.2 cm³/mol. The second-order valence-electron chi connectivity index (χ2n) is 4.91. The quantitative estimate of drug-likeness (QED) is 0.410. The van der Waals surface area contributed by atoms with Gasteiger partial charge in [-0.15, -0.1) is 0 Å². The highest BCUT2D eigenvalue weighted by molar-refractivity contribution is 4.86. The van der Waals surface area contributed by atoms with Crippen molar-refractivity contribution in [3.8, 4) is 0 Å². The lowest BCUT2D eigenvalue weighted by molar-refractivity contribution is 0.0825. The summed E-state index contributed by atoms with van der Waals surface area (Å²) in [5.74, 6) is 0. The van der Waals surface area contributed by atoms with Gasteiger partial charge in [0.2, 0.25) is 0 Å². The van der Waals surface area contributed by atoms with Gasteiger partial charge in [-0.1, -0.05) is 45.4 Å². The van der Waals surface area contributed by atoms with E-state index in [0.29, 0.717) is 0 Å². The minimum atomic E-state index is 0.0706. The zero-order chi connectivity index (χ0) is 11.0. The SMILES string of the molecule is CCCCCCCCCOCC1(C)CO1. The van der Waals surface area contributed by atoms with Gasteiger partial charge < -0.3 is 9.47 Å². The summed E-state index contributed by atoms with van der Waals surface area (Å²) in [6, 6.07) is 0. The van der Waals surface area contributed by atoms with E-state index in [1.807, 2.05) is 0 Å². The molecule has 0 N–H and O–H groups in total. The van der Waals surface area contributed by atoms with Crippen LogP contribution in [0.25, 0.3) is 0 Å². The zero-order valence-corrected chi connectivity index (χ0v) is 10.4. The molecule has 0 aromatic heterocycles. The molecule has 90 valence electrons. The summed E-state index contributed by atoms with van der Waals surface area (Å²) in [7, 11) is 0. The third-order valence-electron chi connectivity index (χ3n) is 2.94. The molecule has 1 heterocycles. The molecule has 0 saturated carbocycles. The van der Waals surface area contributed by atoms with E-state index in [1.54, 1.807) is 0 Å². The zero-order valence-electron chi connectivity index (χ0n) is 10.4. The highest BCUT2D eigenvalue weighted by Crippen LogP contribution is 2.25. The minimum absolute atomic E-state index is 0.0706. The maximum absolute atomic E-state index is 5.56. The number of hydrogen-bond donors (Lipinski definition) is 0. The molecule has 1 aliphatic heterocycles. The van der Waals surface area contributed by atoms with E-state index in [1.165, 1.54) is 44.9 Å². The van der Waals surface area contributed by atoms with Crippen LogP contribution >= 0.6 is 0 Å². The first-order valence-corrected chi connectivity index (χ1v) is 6.48. The van der Waals surface area contributed by atoms with Crippen LogP contribution in [0.15, 0.2) is 0 Å². The Morgan fingerprint density at radius 3 is 2.27 bits per heavy atom. The van der Waals surface area contributed by atoms with Crippen molar-refractivity contribution in [3.05, 3.63) is 0 Å². The second kappa shape index (κ2) is 7.24. The molecule has 0 aliphatic carbocycles. The summed E-state index contributed by atoms with van der Waals surface area (Å²) in [6.45, 7) is 6.94. The molecule has 1 rings (SSSR count). The number of unbranched alkanes of at least 4 members (excludes halogenated alkanes) is 6. The lowest BCUT2D eigenvalue weighted by Gasteiger charge is -2.06. The Morgan fingerprint density at radius 1 is 1.07 bits per heavy atom. The summed E-state index contributed by atoms with van der Waals surface area (Å²) in [6.07, 6.45) is 9.44. The van der Waals surface area contributed by atoms with E-state index in [2.05, 4.69) is 13.8 Å². The molecule has 0 amide bonds. The third-order valence-corrected chi connectivity index (χ3v) is 2.94. The van der Waals surface area contributed by atoms with Gasteiger partial charge in [-0.3, -0.25) is 0 Å². The van der Waals surface area contributed by atoms with Crippen molar-refractivity contribution in [1.82, 2.24) is 0 Å². The van der Waals surface area contributed by atoms with Crippen molar-refractivity contribution < 1.29 is 9.47 Å². The fraction of sp³-hybridized carbons (Fsp3) is 1.00. The van der Waals surface area contributed by atoms with E-state index in [4.69, 9.17) is 9.47 Å². The standard InChI is InChI=1S/C13H26O2/c1-3-4-5-6-7-8-9-10-14-11-13(2)12-15-13/h3-12H2,1-2H3. The summed E-state index contributed by atoms with van der Waals surface area (Å²) in [4.78, 5) is 0. The minimum Gasteiger partial charge on any atom is -0.378 e. The molecule has 0 radical (unpaired) electrons. The van der Waals surface area contributed by atoms with E-state index >= 15 is 0 Å². The number of ether oxygens (including phenoxy) is 2. The first kappa shape index (κ1) is 13.0. The molecule has 1 aliphatic rings. The van der Waals surface area contributed by atoms with Gasteiger partial charge in [0.25, 0.3) is 0 Å². The van der Waals surface area contributed by atoms with Crippen LogP contribution in [-0.2, 0) is 9.47 Å². The molecule has 1 saturated heterocycles.